The van der Waals surface area contributed by atoms with E-state index in [9.17, 15) is 17.6 Å². The first kappa shape index (κ1) is 17.6. The van der Waals surface area contributed by atoms with E-state index in [1.165, 1.54) is 17.0 Å². The molecule has 6 heteroatoms. The Labute approximate surface area is 147 Å². The summed E-state index contributed by atoms with van der Waals surface area (Å²) in [5, 5.41) is 0. The Balaban J connectivity index is 1.97. The van der Waals surface area contributed by atoms with Crippen molar-refractivity contribution in [3.05, 3.63) is 58.9 Å². The smallest absolute Gasteiger partial charge is 0.231 e. The predicted octanol–water partition coefficient (Wildman–Crippen LogP) is 3.06. The number of hydrogen-bond acceptors (Lipinski definition) is 3. The molecule has 1 aliphatic heterocycles. The topological polar surface area (TPSA) is 54.5 Å². The van der Waals surface area contributed by atoms with Crippen LogP contribution in [0, 0.1) is 12.7 Å². The zero-order valence-corrected chi connectivity index (χ0v) is 15.1. The fourth-order valence-corrected chi connectivity index (χ4v) is 4.30. The second-order valence-electron chi connectivity index (χ2n) is 6.40. The molecule has 25 heavy (non-hydrogen) atoms. The molecule has 0 aromatic heterocycles. The van der Waals surface area contributed by atoms with Gasteiger partial charge in [-0.3, -0.25) is 4.79 Å². The second kappa shape index (κ2) is 6.59. The number of aryl methyl sites for hydroxylation is 1. The summed E-state index contributed by atoms with van der Waals surface area (Å²) in [5.74, 6) is -0.702. The van der Waals surface area contributed by atoms with Gasteiger partial charge in [0.15, 0.2) is 9.84 Å². The molecule has 0 atom stereocenters. The summed E-state index contributed by atoms with van der Waals surface area (Å²) in [4.78, 5) is 14.4. The lowest BCUT2D eigenvalue weighted by Crippen LogP contribution is -2.37. The summed E-state index contributed by atoms with van der Waals surface area (Å²) in [5.41, 5.74) is 2.60. The number of nitrogens with zero attached hydrogens (tertiary/aromatic N) is 1. The third-order valence-electron chi connectivity index (χ3n) is 4.56. The van der Waals surface area contributed by atoms with Crippen molar-refractivity contribution in [1.82, 2.24) is 0 Å². The van der Waals surface area contributed by atoms with Gasteiger partial charge in [-0.25, -0.2) is 12.8 Å². The van der Waals surface area contributed by atoms with Crippen molar-refractivity contribution in [2.24, 2.45) is 0 Å². The van der Waals surface area contributed by atoms with Gasteiger partial charge in [-0.1, -0.05) is 24.3 Å². The molecule has 1 aliphatic rings. The molecule has 4 nitrogen and oxygen atoms in total. The Morgan fingerprint density at radius 3 is 2.64 bits per heavy atom. The molecule has 0 fully saturated rings. The Morgan fingerprint density at radius 1 is 1.20 bits per heavy atom. The highest BCUT2D eigenvalue weighted by atomic mass is 32.2. The zero-order valence-electron chi connectivity index (χ0n) is 14.3. The van der Waals surface area contributed by atoms with Gasteiger partial charge in [-0.2, -0.15) is 0 Å². The van der Waals surface area contributed by atoms with Crippen LogP contribution < -0.4 is 4.90 Å². The van der Waals surface area contributed by atoms with Crippen LogP contribution in [0.15, 0.2) is 41.3 Å². The molecular weight excluding hydrogens is 341 g/mol. The van der Waals surface area contributed by atoms with Gasteiger partial charge in [0.1, 0.15) is 5.82 Å². The Bertz CT molecular complexity index is 938. The number of rotatable bonds is 3. The Morgan fingerprint density at radius 2 is 1.92 bits per heavy atom. The van der Waals surface area contributed by atoms with Crippen LogP contribution in [0.3, 0.4) is 0 Å². The molecule has 0 N–H and O–H groups in total. The Kier molecular flexibility index (Phi) is 4.64. The van der Waals surface area contributed by atoms with E-state index >= 15 is 0 Å². The summed E-state index contributed by atoms with van der Waals surface area (Å²) in [6.45, 7) is 2.35. The Hall–Kier alpha value is -2.21. The SMILES string of the molecule is Cc1ccc(F)c2c1CCCN2C(=O)Cc1ccccc1S(C)(=O)=O. The molecule has 1 amide bonds. The minimum absolute atomic E-state index is 0.0733. The molecule has 2 aromatic carbocycles. The van der Waals surface area contributed by atoms with Gasteiger partial charge in [0, 0.05) is 12.8 Å². The van der Waals surface area contributed by atoms with Crippen LogP contribution in [0.2, 0.25) is 0 Å². The quantitative estimate of drug-likeness (QED) is 0.844. The highest BCUT2D eigenvalue weighted by Gasteiger charge is 2.27. The molecular formula is C19H20FNO3S. The zero-order chi connectivity index (χ0) is 18.2. The van der Waals surface area contributed by atoms with E-state index in [2.05, 4.69) is 0 Å². The standard InChI is InChI=1S/C19H20FNO3S/c1-13-9-10-16(20)19-15(13)7-5-11-21(19)18(22)12-14-6-3-4-8-17(14)25(2,23)24/h3-4,6,8-10H,5,7,11-12H2,1-2H3. The van der Waals surface area contributed by atoms with E-state index in [0.717, 1.165) is 30.2 Å². The maximum atomic E-state index is 14.4. The monoisotopic (exact) mass is 361 g/mol. The highest BCUT2D eigenvalue weighted by Crippen LogP contribution is 2.33. The molecule has 0 bridgehead atoms. The first-order valence-electron chi connectivity index (χ1n) is 8.15. The number of benzene rings is 2. The molecule has 0 spiro atoms. The number of sulfone groups is 1. The lowest BCUT2D eigenvalue weighted by atomic mass is 9.96. The van der Waals surface area contributed by atoms with Crippen molar-refractivity contribution >= 4 is 21.4 Å². The molecule has 0 aliphatic carbocycles. The van der Waals surface area contributed by atoms with Crippen LogP contribution in [-0.2, 0) is 27.5 Å². The van der Waals surface area contributed by atoms with E-state index in [1.807, 2.05) is 6.92 Å². The van der Waals surface area contributed by atoms with Crippen molar-refractivity contribution in [1.29, 1.82) is 0 Å². The number of carbonyl (C=O) groups excluding carboxylic acids is 1. The van der Waals surface area contributed by atoms with Gasteiger partial charge in [-0.05, 0) is 48.6 Å². The number of halogens is 1. The molecule has 0 saturated carbocycles. The van der Waals surface area contributed by atoms with E-state index < -0.39 is 15.7 Å². The number of anilines is 1. The van der Waals surface area contributed by atoms with Gasteiger partial charge in [-0.15, -0.1) is 0 Å². The summed E-state index contributed by atoms with van der Waals surface area (Å²) < 4.78 is 38.2. The highest BCUT2D eigenvalue weighted by molar-refractivity contribution is 7.90. The van der Waals surface area contributed by atoms with E-state index in [-0.39, 0.29) is 17.2 Å². The molecule has 132 valence electrons. The average molecular weight is 361 g/mol. The third-order valence-corrected chi connectivity index (χ3v) is 5.76. The summed E-state index contributed by atoms with van der Waals surface area (Å²) in [6.07, 6.45) is 2.55. The fourth-order valence-electron chi connectivity index (χ4n) is 3.36. The van der Waals surface area contributed by atoms with Crippen LogP contribution in [0.1, 0.15) is 23.1 Å². The molecule has 0 saturated heterocycles. The summed E-state index contributed by atoms with van der Waals surface area (Å²) >= 11 is 0. The third kappa shape index (κ3) is 3.44. The van der Waals surface area contributed by atoms with Crippen LogP contribution >= 0.6 is 0 Å². The number of hydrogen-bond donors (Lipinski definition) is 0. The van der Waals surface area contributed by atoms with Gasteiger partial charge in [0.05, 0.1) is 17.0 Å². The maximum Gasteiger partial charge on any atom is 0.231 e. The van der Waals surface area contributed by atoms with Crippen LogP contribution in [0.5, 0.6) is 0 Å². The van der Waals surface area contributed by atoms with Crippen molar-refractivity contribution in [2.45, 2.75) is 31.1 Å². The van der Waals surface area contributed by atoms with Crippen LogP contribution in [0.4, 0.5) is 10.1 Å². The molecule has 0 radical (unpaired) electrons. The summed E-state index contributed by atoms with van der Waals surface area (Å²) in [6, 6.07) is 9.56. The molecule has 2 aromatic rings. The minimum Gasteiger partial charge on any atom is -0.309 e. The van der Waals surface area contributed by atoms with E-state index in [0.29, 0.717) is 17.8 Å². The van der Waals surface area contributed by atoms with Crippen molar-refractivity contribution in [3.8, 4) is 0 Å². The molecule has 3 rings (SSSR count). The molecule has 1 heterocycles. The van der Waals surface area contributed by atoms with Crippen LogP contribution in [0.25, 0.3) is 0 Å². The maximum absolute atomic E-state index is 14.4. The number of carbonyl (C=O) groups is 1. The average Bonchev–Trinajstić information content (AvgIpc) is 2.57. The largest absolute Gasteiger partial charge is 0.309 e. The van der Waals surface area contributed by atoms with Crippen molar-refractivity contribution in [2.75, 3.05) is 17.7 Å². The lowest BCUT2D eigenvalue weighted by molar-refractivity contribution is -0.118. The normalized spacial score (nSPS) is 14.3. The van der Waals surface area contributed by atoms with Gasteiger partial charge in [0.2, 0.25) is 5.91 Å². The van der Waals surface area contributed by atoms with Gasteiger partial charge >= 0.3 is 0 Å². The van der Waals surface area contributed by atoms with Crippen molar-refractivity contribution in [3.63, 3.8) is 0 Å². The number of amides is 1. The van der Waals surface area contributed by atoms with Gasteiger partial charge < -0.3 is 4.90 Å². The number of fused-ring (bicyclic) bond motifs is 1. The molecule has 0 unspecified atom stereocenters. The van der Waals surface area contributed by atoms with E-state index in [1.54, 1.807) is 24.3 Å². The van der Waals surface area contributed by atoms with Crippen LogP contribution in [-0.4, -0.2) is 27.1 Å². The second-order valence-corrected chi connectivity index (χ2v) is 8.38. The van der Waals surface area contributed by atoms with Gasteiger partial charge in [0.25, 0.3) is 0 Å². The lowest BCUT2D eigenvalue weighted by Gasteiger charge is -2.31. The fraction of sp³-hybridized carbons (Fsp3) is 0.316. The first-order valence-corrected chi connectivity index (χ1v) is 10.0. The minimum atomic E-state index is -3.43. The first-order chi connectivity index (χ1) is 11.8. The predicted molar refractivity (Wildman–Crippen MR) is 95.1 cm³/mol. The van der Waals surface area contributed by atoms with E-state index in [4.69, 9.17) is 0 Å². The van der Waals surface area contributed by atoms with Crippen molar-refractivity contribution < 1.29 is 17.6 Å². The summed E-state index contributed by atoms with van der Waals surface area (Å²) in [7, 11) is -3.43.